The molecular formula is C98H157BNaO25. The number of benzene rings is 5. The van der Waals surface area contributed by atoms with Crippen molar-refractivity contribution in [1.29, 1.82) is 0 Å². The molecule has 2 unspecified atom stereocenters. The van der Waals surface area contributed by atoms with E-state index in [0.29, 0.717) is 113 Å². The third kappa shape index (κ3) is 61.3. The largest absolute Gasteiger partial charge is 1.00 e. The zero-order chi connectivity index (χ0) is 92.5. The van der Waals surface area contributed by atoms with Crippen molar-refractivity contribution in [2.24, 2.45) is 0 Å². The number of carbonyl (C=O) groups is 6. The molecule has 0 fully saturated rings. The van der Waals surface area contributed by atoms with E-state index in [1.807, 2.05) is 37.3 Å². The minimum Gasteiger partial charge on any atom is -1.00 e. The maximum atomic E-state index is 11.8. The van der Waals surface area contributed by atoms with Crippen LogP contribution in [-0.2, 0) is 84.6 Å². The number of unbranched alkanes of at least 4 members (excludes halogenated alkanes) is 10. The molecule has 27 heteroatoms. The van der Waals surface area contributed by atoms with Gasteiger partial charge in [0.2, 0.25) is 0 Å². The molecule has 5 aromatic carbocycles. The quantitative estimate of drug-likeness (QED) is 0.00755. The number of phenols is 4. The van der Waals surface area contributed by atoms with Crippen molar-refractivity contribution < 1.29 is 153 Å². The van der Waals surface area contributed by atoms with E-state index in [-0.39, 0.29) is 142 Å². The number of aliphatic hydroxyl groups is 5. The van der Waals surface area contributed by atoms with Gasteiger partial charge >= 0.3 is 59.4 Å². The van der Waals surface area contributed by atoms with Crippen molar-refractivity contribution in [3.05, 3.63) is 124 Å². The van der Waals surface area contributed by atoms with Gasteiger partial charge in [-0.05, 0) is 211 Å². The summed E-state index contributed by atoms with van der Waals surface area (Å²) in [5.41, 5.74) is 6.13. The average molecular weight is 1770 g/mol. The molecule has 0 aliphatic heterocycles. The van der Waals surface area contributed by atoms with Crippen LogP contribution in [0.15, 0.2) is 91.0 Å². The number of hydrogen-bond donors (Lipinski definition) is 9. The maximum absolute atomic E-state index is 11.8. The summed E-state index contributed by atoms with van der Waals surface area (Å²) < 4.78 is 52.9. The number of aliphatic hydroxyl groups excluding tert-OH is 5. The number of carbonyl (C=O) groups excluding carboxylic acids is 6. The molecule has 0 spiro atoms. The Hall–Kier alpha value is -7.82. The molecule has 0 saturated heterocycles. The van der Waals surface area contributed by atoms with E-state index in [4.69, 9.17) is 52.5 Å². The molecule has 3 radical (unpaired) electrons. The molecule has 0 aromatic heterocycles. The van der Waals surface area contributed by atoms with Crippen molar-refractivity contribution in [2.75, 3.05) is 42.2 Å². The predicted molar refractivity (Wildman–Crippen MR) is 488 cm³/mol. The summed E-state index contributed by atoms with van der Waals surface area (Å²) in [5.74, 6) is 1.40. The van der Waals surface area contributed by atoms with Crippen LogP contribution in [0.5, 0.6) is 51.7 Å². The third-order valence-corrected chi connectivity index (χ3v) is 20.1. The van der Waals surface area contributed by atoms with Gasteiger partial charge in [-0.1, -0.05) is 154 Å². The van der Waals surface area contributed by atoms with Crippen molar-refractivity contribution >= 4 is 44.0 Å². The van der Waals surface area contributed by atoms with Crippen LogP contribution in [-0.4, -0.2) is 187 Å². The second kappa shape index (κ2) is 75.2. The van der Waals surface area contributed by atoms with Gasteiger partial charge in [-0.2, -0.15) is 0 Å². The van der Waals surface area contributed by atoms with Crippen molar-refractivity contribution in [1.82, 2.24) is 0 Å². The topological polar surface area (TPSA) is 377 Å². The number of Topliss-reactive ketones (excluding diaryl/α,β-unsaturated/α-hetero) is 1. The van der Waals surface area contributed by atoms with E-state index in [0.717, 1.165) is 168 Å². The molecule has 0 saturated carbocycles. The molecule has 9 N–H and O–H groups in total. The van der Waals surface area contributed by atoms with Crippen LogP contribution in [0.4, 0.5) is 0 Å². The number of ketones is 1. The molecule has 703 valence electrons. The minimum atomic E-state index is -0.515. The summed E-state index contributed by atoms with van der Waals surface area (Å²) in [6.07, 6.45) is 24.9. The second-order valence-corrected chi connectivity index (χ2v) is 31.2. The van der Waals surface area contributed by atoms with Crippen LogP contribution >= 0.6 is 0 Å². The van der Waals surface area contributed by atoms with E-state index >= 15 is 0 Å². The summed E-state index contributed by atoms with van der Waals surface area (Å²) in [6, 6.07) is 26.7. The first-order valence-electron chi connectivity index (χ1n) is 44.5. The first-order chi connectivity index (χ1) is 58.7. The summed E-state index contributed by atoms with van der Waals surface area (Å²) in [4.78, 5) is 69.0. The summed E-state index contributed by atoms with van der Waals surface area (Å²) in [6.45, 7) is 21.6. The van der Waals surface area contributed by atoms with Crippen LogP contribution in [0.1, 0.15) is 304 Å². The van der Waals surface area contributed by atoms with Crippen LogP contribution < -0.4 is 53.2 Å². The summed E-state index contributed by atoms with van der Waals surface area (Å²) in [5, 5.41) is 85.8. The minimum absolute atomic E-state index is 0. The Balaban J connectivity index is -0.000000730. The Morgan fingerprint density at radius 1 is 0.320 bits per heavy atom. The number of aromatic hydroxyl groups is 4. The van der Waals surface area contributed by atoms with Gasteiger partial charge in [0, 0.05) is 81.7 Å². The fourth-order valence-corrected chi connectivity index (χ4v) is 13.6. The summed E-state index contributed by atoms with van der Waals surface area (Å²) >= 11 is 0. The Kier molecular flexibility index (Phi) is 73.0. The van der Waals surface area contributed by atoms with Gasteiger partial charge in [-0.3, -0.25) is 28.8 Å². The van der Waals surface area contributed by atoms with Gasteiger partial charge in [0.1, 0.15) is 42.1 Å². The first kappa shape index (κ1) is 121. The average Bonchev–Trinajstić information content (AvgIpc) is 0.881. The molecular weight excluding hydrogens is 1610 g/mol. The number of phenolic OH excluding ortho intramolecular Hbond substituents is 4. The van der Waals surface area contributed by atoms with Crippen molar-refractivity contribution in [3.63, 3.8) is 0 Å². The van der Waals surface area contributed by atoms with Gasteiger partial charge in [-0.25, -0.2) is 0 Å². The van der Waals surface area contributed by atoms with Gasteiger partial charge in [0.25, 0.3) is 0 Å². The van der Waals surface area contributed by atoms with Crippen LogP contribution in [0.3, 0.4) is 0 Å². The number of methoxy groups -OCH3 is 5. The van der Waals surface area contributed by atoms with E-state index in [2.05, 4.69) is 40.7 Å². The summed E-state index contributed by atoms with van der Waals surface area (Å²) in [7, 11) is 7.68. The zero-order valence-corrected chi connectivity index (χ0v) is 80.9. The van der Waals surface area contributed by atoms with Crippen LogP contribution in [0.2, 0.25) is 0 Å². The molecule has 0 aliphatic carbocycles. The number of aryl methyl sites for hydroxylation is 6. The predicted octanol–water partition coefficient (Wildman–Crippen LogP) is 15.5. The van der Waals surface area contributed by atoms with E-state index < -0.39 is 24.4 Å². The van der Waals surface area contributed by atoms with Gasteiger partial charge in [0.05, 0.1) is 60.0 Å². The number of ether oxygens (including phenoxy) is 10. The molecule has 5 aromatic rings. The molecule has 0 heterocycles. The molecule has 9 atom stereocenters. The molecule has 125 heavy (non-hydrogen) atoms. The normalized spacial score (nSPS) is 12.7. The molecule has 25 nitrogen and oxygen atoms in total. The number of rotatable bonds is 55. The monoisotopic (exact) mass is 1770 g/mol. The van der Waals surface area contributed by atoms with Crippen molar-refractivity contribution in [2.45, 2.75) is 363 Å². The van der Waals surface area contributed by atoms with Crippen LogP contribution in [0, 0.1) is 6.92 Å². The Bertz CT molecular complexity index is 3560. The van der Waals surface area contributed by atoms with Crippen molar-refractivity contribution in [3.8, 4) is 51.7 Å². The SMILES string of the molecule is CCCCC[C@@H](C[C@@H](CCc1ccc(O)c(OC)c1)OC(C)=O)OC(C)=O.CCCCC[C@@H](C[C@H](CCc1ccc(O)c(OC)c1)OC(C)=O)OC(C)=O.CCCCC[C@H](O)CC(=O)CCc1ccc(O)c(OC)c1.CCCCC[C@H](O)CC(CCc1ccc(C)c(OC)c1)OC(C)=O.CCCCC[C@H](O)CC(O)CCc1ccc(O)c(OC)c1.CCO.[B].[H-].[Na+]. The van der Waals surface area contributed by atoms with Gasteiger partial charge in [-0.15, -0.1) is 0 Å². The Morgan fingerprint density at radius 2 is 0.560 bits per heavy atom. The van der Waals surface area contributed by atoms with Crippen LogP contribution in [0.25, 0.3) is 0 Å². The number of esters is 5. The smallest absolute Gasteiger partial charge is 1.00 e. The fourth-order valence-electron chi connectivity index (χ4n) is 13.6. The fraction of sp³-hybridized carbons (Fsp3) is 0.633. The van der Waals surface area contributed by atoms with Gasteiger partial charge in [0.15, 0.2) is 46.0 Å². The first-order valence-corrected chi connectivity index (χ1v) is 44.5. The van der Waals surface area contributed by atoms with E-state index in [9.17, 15) is 69.6 Å². The number of hydrogen-bond acceptors (Lipinski definition) is 25. The molecule has 0 bridgehead atoms. The molecule has 5 rings (SSSR count). The Morgan fingerprint density at radius 3 is 0.856 bits per heavy atom. The zero-order valence-electron chi connectivity index (χ0n) is 79.9. The van der Waals surface area contributed by atoms with E-state index in [1.165, 1.54) is 63.1 Å². The molecule has 0 aliphatic rings. The standard InChI is InChI=1S/2C21H32O6.C20H32O4.C17H28O4.C17H26O4.C2H6O.B.Na.H/c2*1-5-6-7-8-18(26-15(2)22)14-19(27-16(3)23)11-9-17-10-12-20(24)21(13-17)25-4;1-5-6-7-8-18(22)14-19(24-16(3)21)12-11-17-10-9-15(2)20(13-17)23-4;2*1-3-4-5-6-14(18)12-15(19)9-7-13-8-10-16(20)17(11-13)21-2;1-2-3;;;/h2*10,12-13,18-19,24H,5-9,11,14H2,1-4H3;9-10,13,18-19,22H,5-8,11-12,14H2,1-4H3;8,10-11,14-15,18-20H,3-7,9,12H2,1-2H3;8,10-11,14,18,20H,3-7,9,12H2,1-2H3;3H,2H2,1H3;;;/q;;;;;;;+1;-1/t18-,19+;18-,19-;18-,19?;14-,15?;14-;;;;/m00000..../s1. The maximum Gasteiger partial charge on any atom is 1.00 e. The van der Waals surface area contributed by atoms with E-state index in [1.54, 1.807) is 68.6 Å². The Labute approximate surface area is 773 Å². The van der Waals surface area contributed by atoms with Gasteiger partial charge < -0.3 is 94.8 Å². The molecule has 0 amide bonds. The second-order valence-electron chi connectivity index (χ2n) is 31.2. The third-order valence-electron chi connectivity index (χ3n) is 20.1.